The highest BCUT2D eigenvalue weighted by molar-refractivity contribution is 14.1. The lowest BCUT2D eigenvalue weighted by Gasteiger charge is -2.33. The van der Waals surface area contributed by atoms with E-state index in [0.717, 1.165) is 9.13 Å². The highest BCUT2D eigenvalue weighted by atomic mass is 127. The van der Waals surface area contributed by atoms with E-state index in [1.165, 1.54) is 23.9 Å². The van der Waals surface area contributed by atoms with Crippen LogP contribution in [0.15, 0.2) is 48.8 Å². The van der Waals surface area contributed by atoms with E-state index in [2.05, 4.69) is 43.9 Å². The van der Waals surface area contributed by atoms with Crippen molar-refractivity contribution in [2.75, 3.05) is 0 Å². The Morgan fingerprint density at radius 2 is 1.43 bits per heavy atom. The smallest absolute Gasteiger partial charge is 0.282 e. The summed E-state index contributed by atoms with van der Waals surface area (Å²) < 4.78 is 2.23. The van der Waals surface area contributed by atoms with E-state index in [0.29, 0.717) is 0 Å². The van der Waals surface area contributed by atoms with Crippen LogP contribution in [-0.4, -0.2) is 68.2 Å². The number of amides is 4. The fourth-order valence-corrected chi connectivity index (χ4v) is 4.50. The van der Waals surface area contributed by atoms with Gasteiger partial charge in [-0.05, 0) is 70.2 Å². The Morgan fingerprint density at radius 1 is 0.864 bits per heavy atom. The molecular formula is C31H44IN5O7. The summed E-state index contributed by atoms with van der Waals surface area (Å²) in [5.74, 6) is -6.69. The highest BCUT2D eigenvalue weighted by Crippen LogP contribution is 2.23. The van der Waals surface area contributed by atoms with Gasteiger partial charge in [0.25, 0.3) is 11.7 Å². The molecule has 2 rings (SSSR count). The molecule has 0 aliphatic heterocycles. The Morgan fingerprint density at radius 3 is 1.95 bits per heavy atom. The summed E-state index contributed by atoms with van der Waals surface area (Å²) in [5.41, 5.74) is -0.380. The van der Waals surface area contributed by atoms with Crippen molar-refractivity contribution >= 4 is 52.1 Å². The molecule has 4 amide bonds. The molecule has 0 fully saturated rings. The summed E-state index contributed by atoms with van der Waals surface area (Å²) in [7, 11) is 0. The van der Waals surface area contributed by atoms with E-state index >= 15 is 0 Å². The van der Waals surface area contributed by atoms with E-state index in [1.807, 2.05) is 32.9 Å². The van der Waals surface area contributed by atoms with Crippen molar-refractivity contribution in [3.05, 3.63) is 57.9 Å². The van der Waals surface area contributed by atoms with Crippen molar-refractivity contribution in [3.8, 4) is 0 Å². The molecule has 1 aromatic carbocycles. The maximum absolute atomic E-state index is 13.5. The number of benzene rings is 1. The molecule has 0 unspecified atom stereocenters. The third kappa shape index (κ3) is 11.3. The second-order valence-electron chi connectivity index (χ2n) is 13.1. The number of rotatable bonds is 12. The molecule has 0 saturated carbocycles. The largest absolute Gasteiger partial charge is 0.357 e. The monoisotopic (exact) mass is 725 g/mol. The summed E-state index contributed by atoms with van der Waals surface area (Å²) in [5, 5.41) is 31.3. The van der Waals surface area contributed by atoms with Crippen LogP contribution in [0.2, 0.25) is 0 Å². The summed E-state index contributed by atoms with van der Waals surface area (Å²) >= 11 is 2.13. The van der Waals surface area contributed by atoms with Gasteiger partial charge in [-0.3, -0.25) is 28.5 Å². The molecule has 0 saturated heterocycles. The SMILES string of the molecule is C[C@H](NC(=O)[C@H](CC(=O)n1cccc1)NC(=O)[C@@H](NC(=O)CC(C)(C)C)C(C)(C)C)C(O)(O)C(=O)NCc1ccc(I)cc1. The average molecular weight is 726 g/mol. The average Bonchev–Trinajstić information content (AvgIpc) is 3.44. The molecule has 0 aliphatic carbocycles. The second-order valence-corrected chi connectivity index (χ2v) is 14.4. The fourth-order valence-electron chi connectivity index (χ4n) is 4.14. The third-order valence-corrected chi connectivity index (χ3v) is 7.41. The topological polar surface area (TPSA) is 179 Å². The Balaban J connectivity index is 2.22. The van der Waals surface area contributed by atoms with Crippen LogP contribution in [0.1, 0.15) is 71.7 Å². The molecule has 13 heteroatoms. The zero-order valence-corrected chi connectivity index (χ0v) is 28.4. The van der Waals surface area contributed by atoms with E-state index in [-0.39, 0.29) is 24.3 Å². The van der Waals surface area contributed by atoms with Gasteiger partial charge < -0.3 is 31.5 Å². The van der Waals surface area contributed by atoms with Crippen molar-refractivity contribution < 1.29 is 34.2 Å². The predicted molar refractivity (Wildman–Crippen MR) is 173 cm³/mol. The summed E-state index contributed by atoms with van der Waals surface area (Å²) in [6.45, 7) is 12.1. The number of nitrogens with zero attached hydrogens (tertiary/aromatic N) is 1. The van der Waals surface area contributed by atoms with Crippen molar-refractivity contribution in [3.63, 3.8) is 0 Å². The molecule has 12 nitrogen and oxygen atoms in total. The van der Waals surface area contributed by atoms with E-state index < -0.39 is 59.4 Å². The fraction of sp³-hybridized carbons (Fsp3) is 0.516. The Labute approximate surface area is 271 Å². The van der Waals surface area contributed by atoms with Crippen molar-refractivity contribution in [2.45, 2.75) is 91.8 Å². The Hall–Kier alpha value is -3.30. The number of aliphatic hydroxyl groups is 2. The first-order chi connectivity index (χ1) is 20.2. The molecule has 2 aromatic rings. The van der Waals surface area contributed by atoms with Gasteiger partial charge in [-0.1, -0.05) is 53.7 Å². The van der Waals surface area contributed by atoms with Crippen LogP contribution >= 0.6 is 22.6 Å². The molecule has 1 aromatic heterocycles. The van der Waals surface area contributed by atoms with Gasteiger partial charge in [-0.2, -0.15) is 0 Å². The minimum Gasteiger partial charge on any atom is -0.357 e. The van der Waals surface area contributed by atoms with Gasteiger partial charge in [-0.25, -0.2) is 0 Å². The van der Waals surface area contributed by atoms with Crippen LogP contribution in [0.25, 0.3) is 0 Å². The minimum absolute atomic E-state index is 0.0124. The van der Waals surface area contributed by atoms with Gasteiger partial charge >= 0.3 is 0 Å². The van der Waals surface area contributed by atoms with Gasteiger partial charge in [0.1, 0.15) is 12.1 Å². The van der Waals surface area contributed by atoms with Gasteiger partial charge in [0.2, 0.25) is 23.6 Å². The van der Waals surface area contributed by atoms with E-state index in [9.17, 15) is 34.2 Å². The number of halogens is 1. The molecule has 3 atom stereocenters. The van der Waals surface area contributed by atoms with Gasteiger partial charge in [0, 0.05) is 28.9 Å². The first-order valence-corrected chi connectivity index (χ1v) is 15.3. The second kappa shape index (κ2) is 15.1. The standard InChI is InChI=1S/C31H44IN5O7/c1-19(31(43,44)28(42)33-18-20-10-12-21(32)13-11-20)34-26(40)22(16-24(39)37-14-8-9-15-37)35-27(41)25(30(5,6)7)36-23(38)17-29(2,3)4/h8-15,19,22,25,43-44H,16-18H2,1-7H3,(H,33,42)(H,34,40)(H,35,41)(H,36,38)/t19-,22-,25+/m0/s1. The van der Waals surface area contributed by atoms with Gasteiger partial charge in [0.05, 0.1) is 12.5 Å². The first-order valence-electron chi connectivity index (χ1n) is 14.2. The molecular weight excluding hydrogens is 681 g/mol. The van der Waals surface area contributed by atoms with Crippen LogP contribution in [0.5, 0.6) is 0 Å². The lowest BCUT2D eigenvalue weighted by Crippen LogP contribution is -2.63. The van der Waals surface area contributed by atoms with Crippen molar-refractivity contribution in [1.82, 2.24) is 25.8 Å². The lowest BCUT2D eigenvalue weighted by molar-refractivity contribution is -0.195. The molecule has 0 bridgehead atoms. The van der Waals surface area contributed by atoms with Crippen LogP contribution < -0.4 is 21.3 Å². The molecule has 6 N–H and O–H groups in total. The van der Waals surface area contributed by atoms with Crippen molar-refractivity contribution in [1.29, 1.82) is 0 Å². The number of nitrogens with one attached hydrogen (secondary N) is 4. The summed E-state index contributed by atoms with van der Waals surface area (Å²) in [6.07, 6.45) is 2.63. The zero-order valence-electron chi connectivity index (χ0n) is 26.2. The van der Waals surface area contributed by atoms with Crippen LogP contribution in [-0.2, 0) is 25.7 Å². The minimum atomic E-state index is -3.02. The van der Waals surface area contributed by atoms with Crippen LogP contribution in [0.3, 0.4) is 0 Å². The Kier molecular flexibility index (Phi) is 12.7. The molecule has 0 aliphatic rings. The van der Waals surface area contributed by atoms with Crippen LogP contribution in [0, 0.1) is 14.4 Å². The third-order valence-electron chi connectivity index (χ3n) is 6.69. The molecule has 0 spiro atoms. The van der Waals surface area contributed by atoms with Gasteiger partial charge in [-0.15, -0.1) is 0 Å². The Bertz CT molecular complexity index is 1310. The summed E-state index contributed by atoms with van der Waals surface area (Å²) in [6, 6.07) is 6.37. The van der Waals surface area contributed by atoms with E-state index in [1.54, 1.807) is 45.0 Å². The normalized spacial score (nSPS) is 14.1. The predicted octanol–water partition coefficient (Wildman–Crippen LogP) is 2.08. The molecule has 1 heterocycles. The maximum atomic E-state index is 13.5. The van der Waals surface area contributed by atoms with Crippen LogP contribution in [0.4, 0.5) is 0 Å². The lowest BCUT2D eigenvalue weighted by atomic mass is 9.85. The highest BCUT2D eigenvalue weighted by Gasteiger charge is 2.42. The number of carbonyl (C=O) groups excluding carboxylic acids is 5. The zero-order chi connectivity index (χ0) is 33.5. The number of carbonyl (C=O) groups is 5. The number of aromatic nitrogens is 1. The summed E-state index contributed by atoms with van der Waals surface area (Å²) in [4.78, 5) is 65.3. The van der Waals surface area contributed by atoms with Gasteiger partial charge in [0.15, 0.2) is 0 Å². The number of hydrogen-bond acceptors (Lipinski definition) is 7. The molecule has 242 valence electrons. The molecule has 0 radical (unpaired) electrons. The van der Waals surface area contributed by atoms with Crippen molar-refractivity contribution in [2.24, 2.45) is 10.8 Å². The number of hydrogen-bond donors (Lipinski definition) is 6. The first kappa shape index (κ1) is 36.9. The molecule has 44 heavy (non-hydrogen) atoms. The maximum Gasteiger partial charge on any atom is 0.282 e. The van der Waals surface area contributed by atoms with E-state index in [4.69, 9.17) is 0 Å². The quantitative estimate of drug-likeness (QED) is 0.143.